The number of ether oxygens (including phenoxy) is 2. The van der Waals surface area contributed by atoms with Crippen LogP contribution in [0, 0.1) is 5.92 Å². The molecule has 6 rings (SSSR count). The van der Waals surface area contributed by atoms with Crippen LogP contribution >= 0.6 is 11.3 Å². The third-order valence-electron chi connectivity index (χ3n) is 6.56. The number of carboxylic acid groups (broad SMARTS) is 1. The normalized spacial score (nSPS) is 18.4. The van der Waals surface area contributed by atoms with E-state index in [-0.39, 0.29) is 11.6 Å². The summed E-state index contributed by atoms with van der Waals surface area (Å²) in [6.45, 7) is 1.24. The largest absolute Gasteiger partial charge is 0.490 e. The summed E-state index contributed by atoms with van der Waals surface area (Å²) in [5.74, 6) is 1.10. The third-order valence-corrected chi connectivity index (χ3v) is 7.43. The maximum absolute atomic E-state index is 12.7. The average Bonchev–Trinajstić information content (AvgIpc) is 3.23. The Balaban J connectivity index is 1.51. The van der Waals surface area contributed by atoms with E-state index in [1.54, 1.807) is 6.20 Å². The molecule has 2 aliphatic heterocycles. The number of fused-ring (bicyclic) bond motifs is 5. The van der Waals surface area contributed by atoms with Gasteiger partial charge < -0.3 is 19.1 Å². The minimum Gasteiger partial charge on any atom is -0.490 e. The summed E-state index contributed by atoms with van der Waals surface area (Å²) in [7, 11) is 0. The zero-order valence-electron chi connectivity index (χ0n) is 17.4. The number of hydrogen-bond donors (Lipinski definition) is 1. The van der Waals surface area contributed by atoms with Gasteiger partial charge in [-0.3, -0.25) is 4.79 Å². The maximum atomic E-state index is 12.7. The first-order chi connectivity index (χ1) is 15.6. The van der Waals surface area contributed by atoms with E-state index in [1.165, 1.54) is 36.4 Å². The van der Waals surface area contributed by atoms with E-state index in [0.717, 1.165) is 52.0 Å². The van der Waals surface area contributed by atoms with Gasteiger partial charge in [0.25, 0.3) is 0 Å². The molecule has 0 saturated heterocycles. The molecule has 3 aromatic rings. The summed E-state index contributed by atoms with van der Waals surface area (Å²) in [6.07, 6.45) is 8.24. The number of carboxylic acids is 1. The highest BCUT2D eigenvalue weighted by atomic mass is 32.1. The first kappa shape index (κ1) is 19.5. The van der Waals surface area contributed by atoms with Crippen LogP contribution in [0.25, 0.3) is 11.3 Å². The van der Waals surface area contributed by atoms with Crippen molar-refractivity contribution < 1.29 is 19.4 Å². The molecule has 1 atom stereocenters. The van der Waals surface area contributed by atoms with Gasteiger partial charge in [-0.15, -0.1) is 11.3 Å². The number of aromatic nitrogens is 2. The van der Waals surface area contributed by atoms with Crippen molar-refractivity contribution in [2.24, 2.45) is 5.92 Å². The topological polar surface area (TPSA) is 90.7 Å². The van der Waals surface area contributed by atoms with Crippen molar-refractivity contribution in [2.75, 3.05) is 13.2 Å². The van der Waals surface area contributed by atoms with Crippen molar-refractivity contribution in [3.05, 3.63) is 61.8 Å². The Labute approximate surface area is 188 Å². The van der Waals surface area contributed by atoms with Gasteiger partial charge in [-0.25, -0.2) is 9.78 Å². The lowest BCUT2D eigenvalue weighted by Gasteiger charge is -2.31. The SMILES string of the molecule is O=C(O)c1cn2c(cc1=O)-c1c(cc(OCCC3CC3)c3c1CCO3)CC2c1nccs1. The molecule has 0 radical (unpaired) electrons. The molecule has 32 heavy (non-hydrogen) atoms. The molecule has 164 valence electrons. The summed E-state index contributed by atoms with van der Waals surface area (Å²) in [5.41, 5.74) is 3.08. The van der Waals surface area contributed by atoms with Gasteiger partial charge in [0.05, 0.1) is 24.9 Å². The van der Waals surface area contributed by atoms with Crippen LogP contribution in [0.2, 0.25) is 0 Å². The number of benzene rings is 1. The maximum Gasteiger partial charge on any atom is 0.341 e. The van der Waals surface area contributed by atoms with Gasteiger partial charge in [-0.05, 0) is 24.0 Å². The quantitative estimate of drug-likeness (QED) is 0.612. The molecule has 4 heterocycles. The highest BCUT2D eigenvalue weighted by Gasteiger charge is 2.34. The van der Waals surface area contributed by atoms with Crippen molar-refractivity contribution in [2.45, 2.75) is 38.1 Å². The molecule has 7 nitrogen and oxygen atoms in total. The second-order valence-electron chi connectivity index (χ2n) is 8.63. The highest BCUT2D eigenvalue weighted by molar-refractivity contribution is 7.09. The van der Waals surface area contributed by atoms with Crippen LogP contribution in [0.15, 0.2) is 34.7 Å². The predicted octanol–water partition coefficient (Wildman–Crippen LogP) is 3.93. The molecule has 1 fully saturated rings. The second kappa shape index (κ2) is 7.48. The van der Waals surface area contributed by atoms with E-state index >= 15 is 0 Å². The number of pyridine rings is 1. The molecule has 1 unspecified atom stereocenters. The van der Waals surface area contributed by atoms with Crippen LogP contribution in [0.1, 0.15) is 51.8 Å². The first-order valence-electron chi connectivity index (χ1n) is 10.9. The molecule has 1 aromatic carbocycles. The molecule has 2 aromatic heterocycles. The molecule has 1 saturated carbocycles. The van der Waals surface area contributed by atoms with E-state index in [1.807, 2.05) is 16.0 Å². The van der Waals surface area contributed by atoms with Gasteiger partial charge in [0.2, 0.25) is 0 Å². The Morgan fingerprint density at radius 3 is 2.97 bits per heavy atom. The van der Waals surface area contributed by atoms with Crippen LogP contribution in [-0.2, 0) is 12.8 Å². The monoisotopic (exact) mass is 450 g/mol. The van der Waals surface area contributed by atoms with Crippen LogP contribution in [0.4, 0.5) is 0 Å². The van der Waals surface area contributed by atoms with E-state index in [2.05, 4.69) is 4.98 Å². The number of thiazole rings is 1. The highest BCUT2D eigenvalue weighted by Crippen LogP contribution is 2.48. The first-order valence-corrected chi connectivity index (χ1v) is 11.8. The number of hydrogen-bond acceptors (Lipinski definition) is 6. The molecule has 0 spiro atoms. The van der Waals surface area contributed by atoms with Gasteiger partial charge in [0.1, 0.15) is 10.6 Å². The van der Waals surface area contributed by atoms with Gasteiger partial charge in [-0.2, -0.15) is 0 Å². The second-order valence-corrected chi connectivity index (χ2v) is 9.56. The molecule has 0 bridgehead atoms. The number of nitrogens with zero attached hydrogens (tertiary/aromatic N) is 2. The average molecular weight is 451 g/mol. The van der Waals surface area contributed by atoms with Crippen LogP contribution in [-0.4, -0.2) is 33.8 Å². The van der Waals surface area contributed by atoms with Gasteiger partial charge >= 0.3 is 5.97 Å². The number of carbonyl (C=O) groups is 1. The van der Waals surface area contributed by atoms with Crippen molar-refractivity contribution in [1.82, 2.24) is 9.55 Å². The van der Waals surface area contributed by atoms with Gasteiger partial charge in [0.15, 0.2) is 16.9 Å². The Bertz CT molecular complexity index is 1280. The van der Waals surface area contributed by atoms with Gasteiger partial charge in [0, 0.05) is 47.8 Å². The predicted molar refractivity (Wildman–Crippen MR) is 119 cm³/mol. The molecule has 3 aliphatic rings. The lowest BCUT2D eigenvalue weighted by atomic mass is 9.87. The third kappa shape index (κ3) is 3.21. The molecular weight excluding hydrogens is 428 g/mol. The Kier molecular flexibility index (Phi) is 4.57. The summed E-state index contributed by atoms with van der Waals surface area (Å²) in [4.78, 5) is 28.8. The van der Waals surface area contributed by atoms with E-state index < -0.39 is 11.4 Å². The zero-order chi connectivity index (χ0) is 21.8. The van der Waals surface area contributed by atoms with Crippen LogP contribution in [0.5, 0.6) is 11.5 Å². The molecular formula is C24H22N2O5S. The minimum absolute atomic E-state index is 0.184. The fourth-order valence-electron chi connectivity index (χ4n) is 4.81. The lowest BCUT2D eigenvalue weighted by Crippen LogP contribution is -2.26. The standard InChI is InChI=1S/C24H22N2O5S/c27-19-11-17-21-14(9-18(23-25-5-8-32-23)26(17)12-16(19)24(28)29)10-20(22-15(21)4-7-31-22)30-6-3-13-1-2-13/h5,8,10-13,18H,1-4,6-7,9H2,(H,28,29). The minimum atomic E-state index is -1.22. The van der Waals surface area contributed by atoms with E-state index in [0.29, 0.717) is 25.3 Å². The van der Waals surface area contributed by atoms with E-state index in [9.17, 15) is 14.7 Å². The van der Waals surface area contributed by atoms with Crippen molar-refractivity contribution in [3.8, 4) is 22.8 Å². The van der Waals surface area contributed by atoms with Crippen molar-refractivity contribution in [1.29, 1.82) is 0 Å². The van der Waals surface area contributed by atoms with Crippen LogP contribution < -0.4 is 14.9 Å². The molecule has 1 N–H and O–H groups in total. The van der Waals surface area contributed by atoms with Crippen molar-refractivity contribution >= 4 is 17.3 Å². The Hall–Kier alpha value is -3.13. The van der Waals surface area contributed by atoms with Crippen molar-refractivity contribution in [3.63, 3.8) is 0 Å². The van der Waals surface area contributed by atoms with Crippen LogP contribution in [0.3, 0.4) is 0 Å². The fraction of sp³-hybridized carbons (Fsp3) is 0.375. The summed E-state index contributed by atoms with van der Waals surface area (Å²) < 4.78 is 14.0. The zero-order valence-corrected chi connectivity index (χ0v) is 18.2. The lowest BCUT2D eigenvalue weighted by molar-refractivity contribution is 0.0694. The van der Waals surface area contributed by atoms with E-state index in [4.69, 9.17) is 9.47 Å². The fourth-order valence-corrected chi connectivity index (χ4v) is 5.55. The smallest absolute Gasteiger partial charge is 0.341 e. The molecule has 8 heteroatoms. The number of rotatable bonds is 6. The Morgan fingerprint density at radius 2 is 2.22 bits per heavy atom. The summed E-state index contributed by atoms with van der Waals surface area (Å²) in [5, 5.41) is 12.3. The Morgan fingerprint density at radius 1 is 1.34 bits per heavy atom. The summed E-state index contributed by atoms with van der Waals surface area (Å²) >= 11 is 1.53. The number of aromatic carboxylic acids is 1. The van der Waals surface area contributed by atoms with Gasteiger partial charge in [-0.1, -0.05) is 12.8 Å². The molecule has 1 aliphatic carbocycles. The molecule has 0 amide bonds. The summed E-state index contributed by atoms with van der Waals surface area (Å²) in [6, 6.07) is 3.32.